The predicted octanol–water partition coefficient (Wildman–Crippen LogP) is 2.29. The van der Waals surface area contributed by atoms with Gasteiger partial charge in [0.05, 0.1) is 12.9 Å². The van der Waals surface area contributed by atoms with Crippen LogP contribution in [0.3, 0.4) is 0 Å². The van der Waals surface area contributed by atoms with Gasteiger partial charge in [0.1, 0.15) is 5.67 Å². The molecular weight excluding hydrogens is 181 g/mol. The Hall–Kier alpha value is -0.570. The number of rotatable bonds is 1. The molecule has 0 saturated heterocycles. The summed E-state index contributed by atoms with van der Waals surface area (Å²) in [6, 6.07) is 0.198. The van der Waals surface area contributed by atoms with Crippen molar-refractivity contribution < 1.29 is 9.13 Å². The second kappa shape index (κ2) is 3.89. The van der Waals surface area contributed by atoms with Crippen LogP contribution in [-0.2, 0) is 4.74 Å². The first-order valence-electron chi connectivity index (χ1n) is 5.46. The number of hydrogen-bond acceptors (Lipinski definition) is 2. The molecule has 80 valence electrons. The van der Waals surface area contributed by atoms with Crippen molar-refractivity contribution in [3.63, 3.8) is 0 Å². The molecule has 1 heterocycles. The van der Waals surface area contributed by atoms with Gasteiger partial charge < -0.3 is 10.5 Å². The van der Waals surface area contributed by atoms with E-state index in [4.69, 9.17) is 10.5 Å². The summed E-state index contributed by atoms with van der Waals surface area (Å²) in [6.07, 6.45) is 6.18. The summed E-state index contributed by atoms with van der Waals surface area (Å²) >= 11 is 0. The maximum absolute atomic E-state index is 14.4. The second-order valence-corrected chi connectivity index (χ2v) is 4.42. The molecule has 2 nitrogen and oxygen atoms in total. The van der Waals surface area contributed by atoms with Gasteiger partial charge in [-0.15, -0.1) is 0 Å². The van der Waals surface area contributed by atoms with Crippen LogP contribution < -0.4 is 5.73 Å². The summed E-state index contributed by atoms with van der Waals surface area (Å²) < 4.78 is 19.6. The van der Waals surface area contributed by atoms with Crippen LogP contribution in [0, 0.1) is 0 Å². The van der Waals surface area contributed by atoms with Crippen molar-refractivity contribution in [2.24, 2.45) is 5.73 Å². The summed E-state index contributed by atoms with van der Waals surface area (Å²) in [5, 5.41) is 0. The highest BCUT2D eigenvalue weighted by molar-refractivity contribution is 5.17. The Morgan fingerprint density at radius 1 is 1.43 bits per heavy atom. The van der Waals surface area contributed by atoms with Crippen LogP contribution in [0.25, 0.3) is 0 Å². The zero-order chi connectivity index (χ0) is 10.0. The van der Waals surface area contributed by atoms with Crippen LogP contribution in [0.1, 0.15) is 38.5 Å². The number of hydrogen-bond donors (Lipinski definition) is 1. The van der Waals surface area contributed by atoms with Gasteiger partial charge >= 0.3 is 0 Å². The fourth-order valence-corrected chi connectivity index (χ4v) is 2.31. The van der Waals surface area contributed by atoms with Gasteiger partial charge in [0, 0.05) is 11.6 Å². The Morgan fingerprint density at radius 2 is 2.14 bits per heavy atom. The molecule has 0 atom stereocenters. The molecule has 14 heavy (non-hydrogen) atoms. The molecule has 0 aromatic carbocycles. The lowest BCUT2D eigenvalue weighted by Crippen LogP contribution is -2.37. The summed E-state index contributed by atoms with van der Waals surface area (Å²) in [7, 11) is 0. The number of alkyl halides is 1. The third kappa shape index (κ3) is 1.92. The van der Waals surface area contributed by atoms with Crippen LogP contribution in [0.5, 0.6) is 0 Å². The average molecular weight is 199 g/mol. The Kier molecular flexibility index (Phi) is 2.77. The number of halogens is 1. The molecule has 0 amide bonds. The van der Waals surface area contributed by atoms with Gasteiger partial charge in [-0.2, -0.15) is 0 Å². The van der Waals surface area contributed by atoms with E-state index in [-0.39, 0.29) is 6.04 Å². The molecule has 0 aromatic heterocycles. The van der Waals surface area contributed by atoms with E-state index in [0.717, 1.165) is 37.9 Å². The minimum absolute atomic E-state index is 0.198. The minimum atomic E-state index is -1.11. The molecule has 1 aliphatic heterocycles. The van der Waals surface area contributed by atoms with E-state index in [1.807, 2.05) is 0 Å². The van der Waals surface area contributed by atoms with Gasteiger partial charge in [0.2, 0.25) is 0 Å². The molecule has 2 N–H and O–H groups in total. The summed E-state index contributed by atoms with van der Waals surface area (Å²) in [6.45, 7) is 0.735. The standard InChI is InChI=1S/C11H18FNO/c12-11(5-3-10(13)4-6-11)9-2-1-7-14-8-9/h8,10H,1-7,13H2. The van der Waals surface area contributed by atoms with Crippen LogP contribution >= 0.6 is 0 Å². The predicted molar refractivity (Wildman–Crippen MR) is 53.6 cm³/mol. The highest BCUT2D eigenvalue weighted by Gasteiger charge is 2.38. The van der Waals surface area contributed by atoms with Gasteiger partial charge in [0.25, 0.3) is 0 Å². The Bertz CT molecular complexity index is 231. The smallest absolute Gasteiger partial charge is 0.135 e. The monoisotopic (exact) mass is 199 g/mol. The van der Waals surface area contributed by atoms with Crippen molar-refractivity contribution in [2.75, 3.05) is 6.61 Å². The van der Waals surface area contributed by atoms with Gasteiger partial charge in [-0.3, -0.25) is 0 Å². The molecule has 2 rings (SSSR count). The maximum Gasteiger partial charge on any atom is 0.135 e. The third-order valence-electron chi connectivity index (χ3n) is 3.33. The minimum Gasteiger partial charge on any atom is -0.501 e. The molecule has 3 heteroatoms. The van der Waals surface area contributed by atoms with Crippen LogP contribution in [0.4, 0.5) is 4.39 Å². The fraction of sp³-hybridized carbons (Fsp3) is 0.818. The van der Waals surface area contributed by atoms with Crippen molar-refractivity contribution in [2.45, 2.75) is 50.2 Å². The molecule has 0 radical (unpaired) electrons. The number of ether oxygens (including phenoxy) is 1. The van der Waals surface area contributed by atoms with Crippen LogP contribution in [0.2, 0.25) is 0 Å². The molecule has 1 aliphatic carbocycles. The summed E-state index contributed by atoms with van der Waals surface area (Å²) in [4.78, 5) is 0. The largest absolute Gasteiger partial charge is 0.501 e. The second-order valence-electron chi connectivity index (χ2n) is 4.42. The number of nitrogens with two attached hydrogens (primary N) is 1. The van der Waals surface area contributed by atoms with Crippen LogP contribution in [0.15, 0.2) is 11.8 Å². The molecule has 0 bridgehead atoms. The SMILES string of the molecule is NC1CCC(F)(C2=COCCC2)CC1. The van der Waals surface area contributed by atoms with E-state index in [2.05, 4.69) is 0 Å². The van der Waals surface area contributed by atoms with E-state index in [1.165, 1.54) is 0 Å². The topological polar surface area (TPSA) is 35.2 Å². The highest BCUT2D eigenvalue weighted by atomic mass is 19.1. The lowest BCUT2D eigenvalue weighted by atomic mass is 9.78. The Balaban J connectivity index is 2.04. The average Bonchev–Trinajstić information content (AvgIpc) is 2.24. The molecule has 0 spiro atoms. The Labute approximate surface area is 84.3 Å². The zero-order valence-corrected chi connectivity index (χ0v) is 8.47. The maximum atomic E-state index is 14.4. The van der Waals surface area contributed by atoms with Crippen molar-refractivity contribution in [1.29, 1.82) is 0 Å². The quantitative estimate of drug-likeness (QED) is 0.703. The van der Waals surface area contributed by atoms with Crippen molar-refractivity contribution in [3.05, 3.63) is 11.8 Å². The normalized spacial score (nSPS) is 38.7. The van der Waals surface area contributed by atoms with Crippen LogP contribution in [-0.4, -0.2) is 18.3 Å². The molecule has 1 fully saturated rings. The first kappa shape index (κ1) is 9.97. The van der Waals surface area contributed by atoms with E-state index < -0.39 is 5.67 Å². The Morgan fingerprint density at radius 3 is 2.71 bits per heavy atom. The first-order chi connectivity index (χ1) is 6.71. The summed E-state index contributed by atoms with van der Waals surface area (Å²) in [5.74, 6) is 0. The summed E-state index contributed by atoms with van der Waals surface area (Å²) in [5.41, 5.74) is 5.51. The van der Waals surface area contributed by atoms with Gasteiger partial charge in [-0.05, 0) is 38.5 Å². The lowest BCUT2D eigenvalue weighted by molar-refractivity contribution is 0.114. The molecule has 1 saturated carbocycles. The fourth-order valence-electron chi connectivity index (χ4n) is 2.31. The molecule has 2 aliphatic rings. The van der Waals surface area contributed by atoms with E-state index >= 15 is 0 Å². The van der Waals surface area contributed by atoms with Crippen molar-refractivity contribution in [3.8, 4) is 0 Å². The zero-order valence-electron chi connectivity index (χ0n) is 8.47. The van der Waals surface area contributed by atoms with Gasteiger partial charge in [0.15, 0.2) is 0 Å². The highest BCUT2D eigenvalue weighted by Crippen LogP contribution is 2.40. The lowest BCUT2D eigenvalue weighted by Gasteiger charge is -2.35. The third-order valence-corrected chi connectivity index (χ3v) is 3.33. The van der Waals surface area contributed by atoms with Crippen molar-refractivity contribution >= 4 is 0 Å². The van der Waals surface area contributed by atoms with E-state index in [1.54, 1.807) is 6.26 Å². The molecule has 0 unspecified atom stereocenters. The van der Waals surface area contributed by atoms with Crippen molar-refractivity contribution in [1.82, 2.24) is 0 Å². The molecular formula is C11H18FNO. The number of allylic oxidation sites excluding steroid dienone is 1. The van der Waals surface area contributed by atoms with Gasteiger partial charge in [-0.1, -0.05) is 0 Å². The van der Waals surface area contributed by atoms with Gasteiger partial charge in [-0.25, -0.2) is 4.39 Å². The van der Waals surface area contributed by atoms with E-state index in [0.29, 0.717) is 12.8 Å². The molecule has 0 aromatic rings. The first-order valence-corrected chi connectivity index (χ1v) is 5.46. The van der Waals surface area contributed by atoms with E-state index in [9.17, 15) is 4.39 Å².